The molecule has 1 N–H and O–H groups in total. The fraction of sp³-hybridized carbons (Fsp3) is 0.333. The largest absolute Gasteiger partial charge is 0.410 e. The summed E-state index contributed by atoms with van der Waals surface area (Å²) in [6.07, 6.45) is -4.79. The fourth-order valence-corrected chi connectivity index (χ4v) is 4.70. The van der Waals surface area contributed by atoms with E-state index >= 15 is 0 Å². The highest BCUT2D eigenvalue weighted by molar-refractivity contribution is 6.30. The Kier molecular flexibility index (Phi) is 6.08. The molecule has 0 aliphatic carbocycles. The maximum atomic E-state index is 13.9. The van der Waals surface area contributed by atoms with Crippen LogP contribution in [-0.4, -0.2) is 52.9 Å². The van der Waals surface area contributed by atoms with E-state index in [9.17, 15) is 22.4 Å². The van der Waals surface area contributed by atoms with E-state index in [-0.39, 0.29) is 23.7 Å². The number of carbonyl (C=O) groups excluding carboxylic acids is 1. The highest BCUT2D eigenvalue weighted by Gasteiger charge is 2.47. The van der Waals surface area contributed by atoms with Gasteiger partial charge in [-0.25, -0.2) is 9.07 Å². The first-order valence-electron chi connectivity index (χ1n) is 11.2. The van der Waals surface area contributed by atoms with Gasteiger partial charge in [-0.05, 0) is 42.0 Å². The van der Waals surface area contributed by atoms with Crippen LogP contribution < -0.4 is 10.2 Å². The molecule has 35 heavy (non-hydrogen) atoms. The summed E-state index contributed by atoms with van der Waals surface area (Å²) in [6.45, 7) is 1.80. The molecule has 11 heteroatoms. The molecule has 2 aliphatic rings. The Morgan fingerprint density at radius 2 is 1.66 bits per heavy atom. The van der Waals surface area contributed by atoms with Crippen LogP contribution in [0.15, 0.2) is 54.6 Å². The molecule has 0 spiro atoms. The number of halogens is 5. The van der Waals surface area contributed by atoms with Gasteiger partial charge in [0.15, 0.2) is 11.7 Å². The molecule has 1 saturated heterocycles. The number of amides is 1. The van der Waals surface area contributed by atoms with Crippen molar-refractivity contribution in [1.29, 1.82) is 0 Å². The third-order valence-electron chi connectivity index (χ3n) is 6.44. The van der Waals surface area contributed by atoms with E-state index in [1.165, 1.54) is 18.2 Å². The predicted octanol–water partition coefficient (Wildman–Crippen LogP) is 5.30. The number of fused-ring (bicyclic) bond motifs is 1. The molecule has 0 radical (unpaired) electrons. The lowest BCUT2D eigenvalue weighted by Crippen LogP contribution is -2.49. The Hall–Kier alpha value is -3.27. The maximum absolute atomic E-state index is 13.9. The van der Waals surface area contributed by atoms with Crippen molar-refractivity contribution in [3.63, 3.8) is 0 Å². The van der Waals surface area contributed by atoms with Crippen molar-refractivity contribution in [2.75, 3.05) is 36.4 Å². The summed E-state index contributed by atoms with van der Waals surface area (Å²) in [6, 6.07) is 11.7. The first kappa shape index (κ1) is 23.5. The van der Waals surface area contributed by atoms with Crippen LogP contribution in [0.1, 0.15) is 34.6 Å². The van der Waals surface area contributed by atoms with Crippen LogP contribution in [-0.2, 0) is 0 Å². The molecule has 3 heterocycles. The smallest absolute Gasteiger partial charge is 0.368 e. The average Bonchev–Trinajstić information content (AvgIpc) is 3.27. The van der Waals surface area contributed by atoms with E-state index in [2.05, 4.69) is 10.4 Å². The number of hydrogen-bond donors (Lipinski definition) is 1. The molecule has 1 amide bonds. The number of nitrogens with zero attached hydrogens (tertiary/aromatic N) is 4. The van der Waals surface area contributed by atoms with Crippen molar-refractivity contribution >= 4 is 29.0 Å². The van der Waals surface area contributed by atoms with E-state index < -0.39 is 24.2 Å². The van der Waals surface area contributed by atoms with Crippen LogP contribution in [0, 0.1) is 5.82 Å². The summed E-state index contributed by atoms with van der Waals surface area (Å²) in [7, 11) is 0. The quantitative estimate of drug-likeness (QED) is 0.489. The summed E-state index contributed by atoms with van der Waals surface area (Å²) in [5, 5.41) is 7.66. The molecule has 6 nitrogen and oxygen atoms in total. The number of alkyl halides is 3. The zero-order valence-electron chi connectivity index (χ0n) is 18.5. The average molecular weight is 508 g/mol. The summed E-state index contributed by atoms with van der Waals surface area (Å²) >= 11 is 5.92. The van der Waals surface area contributed by atoms with E-state index in [1.54, 1.807) is 41.3 Å². The van der Waals surface area contributed by atoms with Crippen molar-refractivity contribution in [2.45, 2.75) is 24.7 Å². The summed E-state index contributed by atoms with van der Waals surface area (Å²) < 4.78 is 55.9. The van der Waals surface area contributed by atoms with Gasteiger partial charge in [0.1, 0.15) is 11.6 Å². The van der Waals surface area contributed by atoms with E-state index in [0.29, 0.717) is 36.8 Å². The van der Waals surface area contributed by atoms with Gasteiger partial charge in [-0.2, -0.15) is 18.3 Å². The minimum absolute atomic E-state index is 0.0336. The van der Waals surface area contributed by atoms with Gasteiger partial charge in [0.25, 0.3) is 5.91 Å². The molecular formula is C24H22ClF4N5O. The van der Waals surface area contributed by atoms with Crippen molar-refractivity contribution in [3.05, 3.63) is 76.7 Å². The first-order chi connectivity index (χ1) is 16.7. The van der Waals surface area contributed by atoms with Gasteiger partial charge in [0, 0.05) is 49.4 Å². The number of piperazine rings is 1. The number of aromatic nitrogens is 2. The number of rotatable bonds is 3. The van der Waals surface area contributed by atoms with Crippen LogP contribution in [0.4, 0.5) is 29.1 Å². The lowest BCUT2D eigenvalue weighted by atomic mass is 9.97. The summed E-state index contributed by atoms with van der Waals surface area (Å²) in [4.78, 5) is 16.7. The zero-order chi connectivity index (χ0) is 24.7. The van der Waals surface area contributed by atoms with E-state index in [4.69, 9.17) is 11.6 Å². The monoisotopic (exact) mass is 507 g/mol. The normalized spacial score (nSPS) is 20.4. The van der Waals surface area contributed by atoms with Crippen LogP contribution in [0.5, 0.6) is 0 Å². The lowest BCUT2D eigenvalue weighted by molar-refractivity contribution is -0.173. The first-order valence-corrected chi connectivity index (χ1v) is 11.5. The second-order valence-corrected chi connectivity index (χ2v) is 9.09. The van der Waals surface area contributed by atoms with Gasteiger partial charge < -0.3 is 15.1 Å². The minimum atomic E-state index is -4.53. The van der Waals surface area contributed by atoms with Crippen molar-refractivity contribution in [2.24, 2.45) is 0 Å². The molecule has 184 valence electrons. The minimum Gasteiger partial charge on any atom is -0.368 e. The summed E-state index contributed by atoms with van der Waals surface area (Å²) in [5.41, 5.74) is 1.48. The Balaban J connectivity index is 1.33. The highest BCUT2D eigenvalue weighted by Crippen LogP contribution is 2.43. The Bertz CT molecular complexity index is 1200. The standard InChI is InChI=1S/C24H22ClF4N5O/c25-16-3-1-15(2-4-16)19-13-21(24(27,28)29)34-22(30-19)14-20(31-34)23(35)33-11-9-32(10-12-33)18-7-5-17(26)6-8-18/h1-8,14,19,21,30H,9-13H2/t19-,21-/m1/s1. The molecule has 5 rings (SSSR count). The highest BCUT2D eigenvalue weighted by atomic mass is 35.5. The summed E-state index contributed by atoms with van der Waals surface area (Å²) in [5.74, 6) is -0.598. The Labute approximate surface area is 204 Å². The molecular weight excluding hydrogens is 486 g/mol. The van der Waals surface area contributed by atoms with E-state index in [1.807, 2.05) is 4.90 Å². The molecule has 0 bridgehead atoms. The molecule has 0 unspecified atom stereocenters. The van der Waals surface area contributed by atoms with Gasteiger partial charge in [-0.3, -0.25) is 4.79 Å². The second-order valence-electron chi connectivity index (χ2n) is 8.66. The Morgan fingerprint density at radius 1 is 1.00 bits per heavy atom. The number of hydrogen-bond acceptors (Lipinski definition) is 4. The fourth-order valence-electron chi connectivity index (χ4n) is 4.57. The molecule has 0 saturated carbocycles. The third kappa shape index (κ3) is 4.80. The number of benzene rings is 2. The predicted molar refractivity (Wildman–Crippen MR) is 124 cm³/mol. The van der Waals surface area contributed by atoms with Crippen molar-refractivity contribution < 1.29 is 22.4 Å². The van der Waals surface area contributed by atoms with Gasteiger partial charge in [0.05, 0.1) is 6.04 Å². The van der Waals surface area contributed by atoms with Gasteiger partial charge in [0.2, 0.25) is 0 Å². The van der Waals surface area contributed by atoms with Crippen LogP contribution in [0.3, 0.4) is 0 Å². The van der Waals surface area contributed by atoms with Crippen molar-refractivity contribution in [1.82, 2.24) is 14.7 Å². The third-order valence-corrected chi connectivity index (χ3v) is 6.69. The van der Waals surface area contributed by atoms with Gasteiger partial charge in [-0.15, -0.1) is 0 Å². The lowest BCUT2D eigenvalue weighted by Gasteiger charge is -2.35. The SMILES string of the molecule is O=C(c1cc2n(n1)[C@@H](C(F)(F)F)C[C@H](c1ccc(Cl)cc1)N2)N1CCN(c2ccc(F)cc2)CC1. The maximum Gasteiger partial charge on any atom is 0.410 e. The number of nitrogens with one attached hydrogen (secondary N) is 1. The second kappa shape index (κ2) is 9.07. The van der Waals surface area contributed by atoms with Crippen LogP contribution in [0.2, 0.25) is 5.02 Å². The molecule has 2 aliphatic heterocycles. The van der Waals surface area contributed by atoms with Gasteiger partial charge >= 0.3 is 6.18 Å². The van der Waals surface area contributed by atoms with Gasteiger partial charge in [-0.1, -0.05) is 23.7 Å². The number of anilines is 2. The number of carbonyl (C=O) groups is 1. The molecule has 1 fully saturated rings. The Morgan fingerprint density at radius 3 is 2.29 bits per heavy atom. The van der Waals surface area contributed by atoms with E-state index in [0.717, 1.165) is 10.4 Å². The topological polar surface area (TPSA) is 53.4 Å². The molecule has 1 aromatic heterocycles. The van der Waals surface area contributed by atoms with Crippen molar-refractivity contribution in [3.8, 4) is 0 Å². The molecule has 3 aromatic rings. The molecule has 2 atom stereocenters. The van der Waals surface area contributed by atoms with Crippen LogP contribution in [0.25, 0.3) is 0 Å². The van der Waals surface area contributed by atoms with Crippen LogP contribution >= 0.6 is 11.6 Å². The zero-order valence-corrected chi connectivity index (χ0v) is 19.2. The molecule has 2 aromatic carbocycles.